The Balaban J connectivity index is 1.97. The molecule has 5 nitrogen and oxygen atoms in total. The van der Waals surface area contributed by atoms with Gasteiger partial charge in [0.25, 0.3) is 0 Å². The number of hydrogen-bond acceptors (Lipinski definition) is 5. The maximum atomic E-state index is 5.50. The predicted molar refractivity (Wildman–Crippen MR) is 63.7 cm³/mol. The third kappa shape index (κ3) is 3.26. The van der Waals surface area contributed by atoms with Crippen molar-refractivity contribution in [2.45, 2.75) is 45.8 Å². The van der Waals surface area contributed by atoms with Crippen molar-refractivity contribution < 1.29 is 9.26 Å². The van der Waals surface area contributed by atoms with Crippen LogP contribution in [-0.2, 0) is 16.7 Å². The van der Waals surface area contributed by atoms with Gasteiger partial charge in [-0.3, -0.25) is 4.90 Å². The van der Waals surface area contributed by atoms with Gasteiger partial charge in [-0.05, 0) is 6.92 Å². The van der Waals surface area contributed by atoms with Crippen LogP contribution in [0.5, 0.6) is 0 Å². The monoisotopic (exact) mass is 239 g/mol. The first-order valence-corrected chi connectivity index (χ1v) is 6.12. The molecule has 1 atom stereocenters. The highest BCUT2D eigenvalue weighted by Crippen LogP contribution is 2.19. The molecule has 0 aliphatic carbocycles. The average molecular weight is 239 g/mol. The summed E-state index contributed by atoms with van der Waals surface area (Å²) >= 11 is 0. The summed E-state index contributed by atoms with van der Waals surface area (Å²) in [5, 5.41) is 4.03. The molecule has 1 aromatic rings. The quantitative estimate of drug-likeness (QED) is 0.784. The second-order valence-electron chi connectivity index (χ2n) is 5.68. The molecule has 2 heterocycles. The lowest BCUT2D eigenvalue weighted by atomic mass is 9.96. The third-order valence-electron chi connectivity index (χ3n) is 2.82. The minimum Gasteiger partial charge on any atom is -0.376 e. The van der Waals surface area contributed by atoms with Crippen LogP contribution in [0.25, 0.3) is 0 Å². The Morgan fingerprint density at radius 2 is 2.18 bits per heavy atom. The summed E-state index contributed by atoms with van der Waals surface area (Å²) in [7, 11) is 0. The van der Waals surface area contributed by atoms with Crippen molar-refractivity contribution in [2.24, 2.45) is 0 Å². The lowest BCUT2D eigenvalue weighted by Gasteiger charge is -2.29. The molecule has 96 valence electrons. The van der Waals surface area contributed by atoms with Crippen molar-refractivity contribution in [1.29, 1.82) is 0 Å². The van der Waals surface area contributed by atoms with Crippen LogP contribution in [-0.4, -0.2) is 40.8 Å². The van der Waals surface area contributed by atoms with Gasteiger partial charge in [0, 0.05) is 18.5 Å². The summed E-state index contributed by atoms with van der Waals surface area (Å²) < 4.78 is 10.8. The molecule has 5 heteroatoms. The molecular formula is C12H21N3O2. The Kier molecular flexibility index (Phi) is 3.49. The summed E-state index contributed by atoms with van der Waals surface area (Å²) in [6.45, 7) is 11.7. The third-order valence-corrected chi connectivity index (χ3v) is 2.82. The zero-order chi connectivity index (χ0) is 12.5. The number of aromatic nitrogens is 2. The fraction of sp³-hybridized carbons (Fsp3) is 0.833. The molecule has 17 heavy (non-hydrogen) atoms. The average Bonchev–Trinajstić information content (AvgIpc) is 2.65. The first-order chi connectivity index (χ1) is 7.95. The molecule has 1 aromatic heterocycles. The molecule has 0 aromatic carbocycles. The van der Waals surface area contributed by atoms with E-state index in [1.54, 1.807) is 0 Å². The van der Waals surface area contributed by atoms with E-state index < -0.39 is 0 Å². The van der Waals surface area contributed by atoms with Crippen LogP contribution in [0, 0.1) is 0 Å². The Labute approximate surface area is 102 Å². The zero-order valence-corrected chi connectivity index (χ0v) is 11.1. The second-order valence-corrected chi connectivity index (χ2v) is 5.68. The standard InChI is InChI=1S/C12H21N3O2/c1-9-7-15(5-6-16-9)8-10-13-11(14-17-10)12(2,3)4/h9H,5-8H2,1-4H3/t9-/m0/s1. The highest BCUT2D eigenvalue weighted by Gasteiger charge is 2.23. The molecule has 2 rings (SSSR count). The molecule has 0 spiro atoms. The number of morpholine rings is 1. The van der Waals surface area contributed by atoms with E-state index in [-0.39, 0.29) is 11.5 Å². The molecule has 1 aliphatic heterocycles. The van der Waals surface area contributed by atoms with Gasteiger partial charge in [-0.1, -0.05) is 25.9 Å². The smallest absolute Gasteiger partial charge is 0.240 e. The Hall–Kier alpha value is -0.940. The maximum Gasteiger partial charge on any atom is 0.240 e. The number of nitrogens with zero attached hydrogens (tertiary/aromatic N) is 3. The van der Waals surface area contributed by atoms with Gasteiger partial charge in [0.15, 0.2) is 5.82 Å². The van der Waals surface area contributed by atoms with Crippen molar-refractivity contribution in [3.05, 3.63) is 11.7 Å². The van der Waals surface area contributed by atoms with Crippen LogP contribution in [0.2, 0.25) is 0 Å². The maximum absolute atomic E-state index is 5.50. The van der Waals surface area contributed by atoms with E-state index in [9.17, 15) is 0 Å². The van der Waals surface area contributed by atoms with E-state index >= 15 is 0 Å². The molecule has 0 unspecified atom stereocenters. The summed E-state index contributed by atoms with van der Waals surface area (Å²) in [4.78, 5) is 6.73. The van der Waals surface area contributed by atoms with Crippen molar-refractivity contribution in [3.8, 4) is 0 Å². The molecule has 1 saturated heterocycles. The molecule has 1 fully saturated rings. The van der Waals surface area contributed by atoms with Crippen LogP contribution in [0.3, 0.4) is 0 Å². The van der Waals surface area contributed by atoms with E-state index in [1.807, 2.05) is 0 Å². The molecule has 0 amide bonds. The molecule has 0 bridgehead atoms. The zero-order valence-electron chi connectivity index (χ0n) is 11.1. The minimum absolute atomic E-state index is 0.0555. The molecular weight excluding hydrogens is 218 g/mol. The Morgan fingerprint density at radius 3 is 2.76 bits per heavy atom. The van der Waals surface area contributed by atoms with Crippen molar-refractivity contribution >= 4 is 0 Å². The highest BCUT2D eigenvalue weighted by atomic mass is 16.5. The minimum atomic E-state index is -0.0555. The van der Waals surface area contributed by atoms with Gasteiger partial charge in [0.05, 0.1) is 19.3 Å². The van der Waals surface area contributed by atoms with Gasteiger partial charge in [0.1, 0.15) is 0 Å². The van der Waals surface area contributed by atoms with Gasteiger partial charge in [-0.15, -0.1) is 0 Å². The first-order valence-electron chi connectivity index (χ1n) is 6.12. The van der Waals surface area contributed by atoms with Crippen LogP contribution in [0.1, 0.15) is 39.4 Å². The van der Waals surface area contributed by atoms with Crippen LogP contribution in [0.15, 0.2) is 4.52 Å². The summed E-state index contributed by atoms with van der Waals surface area (Å²) in [5.74, 6) is 1.47. The number of rotatable bonds is 2. The van der Waals surface area contributed by atoms with Crippen molar-refractivity contribution in [1.82, 2.24) is 15.0 Å². The topological polar surface area (TPSA) is 51.4 Å². The van der Waals surface area contributed by atoms with E-state index in [0.29, 0.717) is 5.89 Å². The molecule has 0 saturated carbocycles. The summed E-state index contributed by atoms with van der Waals surface area (Å²) in [5.41, 5.74) is -0.0555. The lowest BCUT2D eigenvalue weighted by Crippen LogP contribution is -2.40. The van der Waals surface area contributed by atoms with Gasteiger partial charge < -0.3 is 9.26 Å². The summed E-state index contributed by atoms with van der Waals surface area (Å²) in [6.07, 6.45) is 0.286. The normalized spacial score (nSPS) is 22.9. The van der Waals surface area contributed by atoms with Crippen molar-refractivity contribution in [2.75, 3.05) is 19.7 Å². The van der Waals surface area contributed by atoms with Crippen LogP contribution in [0.4, 0.5) is 0 Å². The number of ether oxygens (including phenoxy) is 1. The van der Waals surface area contributed by atoms with E-state index in [2.05, 4.69) is 42.7 Å². The molecule has 1 aliphatic rings. The van der Waals surface area contributed by atoms with Gasteiger partial charge in [-0.2, -0.15) is 4.98 Å². The SMILES string of the molecule is C[C@H]1CN(Cc2nc(C(C)(C)C)no2)CCO1. The van der Waals surface area contributed by atoms with Gasteiger partial charge in [0.2, 0.25) is 5.89 Å². The molecule has 0 radical (unpaired) electrons. The van der Waals surface area contributed by atoms with Gasteiger partial charge >= 0.3 is 0 Å². The first kappa shape index (κ1) is 12.5. The second kappa shape index (κ2) is 4.74. The van der Waals surface area contributed by atoms with E-state index in [4.69, 9.17) is 9.26 Å². The van der Waals surface area contributed by atoms with E-state index in [0.717, 1.165) is 32.1 Å². The van der Waals surface area contributed by atoms with Crippen LogP contribution < -0.4 is 0 Å². The Morgan fingerprint density at radius 1 is 1.41 bits per heavy atom. The Bertz CT molecular complexity index is 370. The van der Waals surface area contributed by atoms with Crippen molar-refractivity contribution in [3.63, 3.8) is 0 Å². The fourth-order valence-electron chi connectivity index (χ4n) is 1.85. The van der Waals surface area contributed by atoms with Crippen LogP contribution >= 0.6 is 0 Å². The largest absolute Gasteiger partial charge is 0.376 e. The lowest BCUT2D eigenvalue weighted by molar-refractivity contribution is -0.0240. The predicted octanol–water partition coefficient (Wildman–Crippen LogP) is 1.59. The summed E-state index contributed by atoms with van der Waals surface area (Å²) in [6, 6.07) is 0. The van der Waals surface area contributed by atoms with E-state index in [1.165, 1.54) is 0 Å². The van der Waals surface area contributed by atoms with Gasteiger partial charge in [-0.25, -0.2) is 0 Å². The fourth-order valence-corrected chi connectivity index (χ4v) is 1.85. The number of hydrogen-bond donors (Lipinski definition) is 0. The highest BCUT2D eigenvalue weighted by molar-refractivity contribution is 4.99. The molecule has 0 N–H and O–H groups in total.